The Labute approximate surface area is 106 Å². The Morgan fingerprint density at radius 3 is 2.44 bits per heavy atom. The second kappa shape index (κ2) is 4.21. The number of sulfone groups is 1. The van der Waals surface area contributed by atoms with Gasteiger partial charge in [-0.15, -0.1) is 0 Å². The maximum Gasteiger partial charge on any atom is 0.155 e. The summed E-state index contributed by atoms with van der Waals surface area (Å²) >= 11 is 0. The summed E-state index contributed by atoms with van der Waals surface area (Å²) in [6.45, 7) is 1.53. The third-order valence-electron chi connectivity index (χ3n) is 3.52. The van der Waals surface area contributed by atoms with E-state index in [4.69, 9.17) is 0 Å². The molecule has 18 heavy (non-hydrogen) atoms. The van der Waals surface area contributed by atoms with Crippen LogP contribution in [0.3, 0.4) is 0 Å². The monoisotopic (exact) mass is 263 g/mol. The molecular formula is C13H13NO3S. The highest BCUT2D eigenvalue weighted by atomic mass is 32.2. The van der Waals surface area contributed by atoms with Crippen LogP contribution >= 0.6 is 0 Å². The maximum atomic E-state index is 12.0. The molecule has 0 aromatic heterocycles. The number of nitriles is 1. The van der Waals surface area contributed by atoms with Crippen molar-refractivity contribution in [2.75, 3.05) is 5.75 Å². The average Bonchev–Trinajstić information content (AvgIpc) is 3.10. The van der Waals surface area contributed by atoms with Crippen LogP contribution in [0.25, 0.3) is 0 Å². The van der Waals surface area contributed by atoms with E-state index in [1.54, 1.807) is 24.3 Å². The molecule has 1 saturated carbocycles. The van der Waals surface area contributed by atoms with Crippen LogP contribution in [0.1, 0.15) is 18.4 Å². The second-order valence-electron chi connectivity index (χ2n) is 4.42. The molecule has 0 bridgehead atoms. The van der Waals surface area contributed by atoms with Gasteiger partial charge in [-0.2, -0.15) is 5.26 Å². The minimum Gasteiger partial charge on any atom is -0.302 e. The zero-order chi connectivity index (χ0) is 13.4. The van der Waals surface area contributed by atoms with E-state index in [2.05, 4.69) is 0 Å². The lowest BCUT2D eigenvalue weighted by Gasteiger charge is -1.99. The lowest BCUT2D eigenvalue weighted by atomic mass is 10.0. The van der Waals surface area contributed by atoms with Crippen molar-refractivity contribution in [3.8, 4) is 6.07 Å². The highest BCUT2D eigenvalue weighted by Crippen LogP contribution is 2.61. The topological polar surface area (TPSA) is 75.0 Å². The summed E-state index contributed by atoms with van der Waals surface area (Å²) in [6, 6.07) is 10.8. The van der Waals surface area contributed by atoms with Crippen LogP contribution in [0, 0.1) is 16.7 Å². The normalized spacial score (nSPS) is 30.4. The van der Waals surface area contributed by atoms with E-state index in [-0.39, 0.29) is 5.75 Å². The van der Waals surface area contributed by atoms with Crippen LogP contribution in [0.2, 0.25) is 0 Å². The first-order valence-electron chi connectivity index (χ1n) is 5.67. The average molecular weight is 263 g/mol. The number of aldehydes is 1. The van der Waals surface area contributed by atoms with E-state index >= 15 is 0 Å². The van der Waals surface area contributed by atoms with Gasteiger partial charge in [0.25, 0.3) is 0 Å². The Morgan fingerprint density at radius 2 is 2.00 bits per heavy atom. The molecule has 0 amide bonds. The Kier molecular flexibility index (Phi) is 2.99. The molecule has 0 radical (unpaired) electrons. The molecule has 1 aromatic carbocycles. The summed E-state index contributed by atoms with van der Waals surface area (Å²) in [5.74, 6) is -0.593. The SMILES string of the molecule is CCS(=O)(=O)[C@@H]1[C@@H](c2ccccc2)[C@@]1(C#N)C=O. The third kappa shape index (κ3) is 1.65. The summed E-state index contributed by atoms with van der Waals surface area (Å²) in [4.78, 5) is 11.2. The lowest BCUT2D eigenvalue weighted by molar-refractivity contribution is -0.110. The van der Waals surface area contributed by atoms with Crippen molar-refractivity contribution in [1.29, 1.82) is 5.26 Å². The van der Waals surface area contributed by atoms with Crippen LogP contribution in [0.15, 0.2) is 30.3 Å². The van der Waals surface area contributed by atoms with Gasteiger partial charge in [0.15, 0.2) is 9.84 Å². The Morgan fingerprint density at radius 1 is 1.39 bits per heavy atom. The molecule has 1 aliphatic rings. The molecule has 1 fully saturated rings. The Hall–Kier alpha value is -1.67. The standard InChI is InChI=1S/C13H13NO3S/c1-2-18(16,17)12-11(13(12,8-14)9-15)10-6-4-3-5-7-10/h3-7,9,11-12H,2H2,1H3/t11-,12-,13-/m1/s1. The lowest BCUT2D eigenvalue weighted by Crippen LogP contribution is -2.17. The molecule has 0 unspecified atom stereocenters. The van der Waals surface area contributed by atoms with Crippen molar-refractivity contribution >= 4 is 16.1 Å². The molecule has 0 spiro atoms. The number of benzene rings is 1. The van der Waals surface area contributed by atoms with Crippen molar-refractivity contribution in [2.24, 2.45) is 5.41 Å². The highest BCUT2D eigenvalue weighted by molar-refractivity contribution is 7.92. The fraction of sp³-hybridized carbons (Fsp3) is 0.385. The minimum absolute atomic E-state index is 0.0573. The number of carbonyl (C=O) groups is 1. The van der Waals surface area contributed by atoms with Crippen molar-refractivity contribution in [2.45, 2.75) is 18.1 Å². The zero-order valence-corrected chi connectivity index (χ0v) is 10.7. The predicted molar refractivity (Wildman–Crippen MR) is 66.5 cm³/mol. The molecule has 94 valence electrons. The number of carbonyl (C=O) groups excluding carboxylic acids is 1. The quantitative estimate of drug-likeness (QED) is 0.767. The van der Waals surface area contributed by atoms with Gasteiger partial charge in [0.1, 0.15) is 11.7 Å². The van der Waals surface area contributed by atoms with Crippen molar-refractivity contribution in [3.63, 3.8) is 0 Å². The first kappa shape index (κ1) is 12.8. The van der Waals surface area contributed by atoms with E-state index in [1.165, 1.54) is 6.92 Å². The van der Waals surface area contributed by atoms with Gasteiger partial charge in [-0.05, 0) is 5.56 Å². The number of hydrogen-bond acceptors (Lipinski definition) is 4. The Bertz CT molecular complexity index is 603. The van der Waals surface area contributed by atoms with Gasteiger partial charge in [-0.25, -0.2) is 8.42 Å². The molecule has 5 heteroatoms. The minimum atomic E-state index is -3.41. The first-order chi connectivity index (χ1) is 8.53. The molecule has 2 rings (SSSR count). The van der Waals surface area contributed by atoms with Gasteiger partial charge in [-0.3, -0.25) is 0 Å². The molecule has 0 saturated heterocycles. The van der Waals surface area contributed by atoms with Crippen LogP contribution in [0.4, 0.5) is 0 Å². The fourth-order valence-corrected chi connectivity index (χ4v) is 4.40. The third-order valence-corrected chi connectivity index (χ3v) is 5.76. The molecule has 3 atom stereocenters. The predicted octanol–water partition coefficient (Wildman–Crippen LogP) is 1.30. The molecular weight excluding hydrogens is 250 g/mol. The smallest absolute Gasteiger partial charge is 0.155 e. The number of hydrogen-bond donors (Lipinski definition) is 0. The first-order valence-corrected chi connectivity index (χ1v) is 7.39. The molecule has 0 aliphatic heterocycles. The van der Waals surface area contributed by atoms with Crippen LogP contribution in [-0.2, 0) is 14.6 Å². The second-order valence-corrected chi connectivity index (χ2v) is 6.83. The van der Waals surface area contributed by atoms with Crippen LogP contribution < -0.4 is 0 Å². The van der Waals surface area contributed by atoms with E-state index in [9.17, 15) is 18.5 Å². The van der Waals surface area contributed by atoms with Gasteiger partial charge in [0, 0.05) is 11.7 Å². The van der Waals surface area contributed by atoms with Gasteiger partial charge in [-0.1, -0.05) is 37.3 Å². The van der Waals surface area contributed by atoms with E-state index in [1.807, 2.05) is 12.1 Å². The van der Waals surface area contributed by atoms with Crippen molar-refractivity contribution in [3.05, 3.63) is 35.9 Å². The van der Waals surface area contributed by atoms with Gasteiger partial charge in [0.05, 0.1) is 11.3 Å². The van der Waals surface area contributed by atoms with Crippen molar-refractivity contribution in [1.82, 2.24) is 0 Å². The van der Waals surface area contributed by atoms with Gasteiger partial charge < -0.3 is 4.79 Å². The van der Waals surface area contributed by atoms with Crippen LogP contribution in [0.5, 0.6) is 0 Å². The summed E-state index contributed by atoms with van der Waals surface area (Å²) in [5.41, 5.74) is -0.677. The molecule has 1 aliphatic carbocycles. The molecule has 4 nitrogen and oxygen atoms in total. The summed E-state index contributed by atoms with van der Waals surface area (Å²) in [7, 11) is -3.41. The molecule has 1 aromatic rings. The van der Waals surface area contributed by atoms with E-state index in [0.717, 1.165) is 5.56 Å². The van der Waals surface area contributed by atoms with Gasteiger partial charge >= 0.3 is 0 Å². The largest absolute Gasteiger partial charge is 0.302 e. The molecule has 0 N–H and O–H groups in total. The fourth-order valence-electron chi connectivity index (χ4n) is 2.47. The number of rotatable bonds is 4. The summed E-state index contributed by atoms with van der Waals surface area (Å²) in [6.07, 6.45) is 0.489. The zero-order valence-electron chi connectivity index (χ0n) is 9.91. The molecule has 0 heterocycles. The van der Waals surface area contributed by atoms with Gasteiger partial charge in [0.2, 0.25) is 0 Å². The van der Waals surface area contributed by atoms with Crippen molar-refractivity contribution < 1.29 is 13.2 Å². The summed E-state index contributed by atoms with van der Waals surface area (Å²) < 4.78 is 23.9. The maximum absolute atomic E-state index is 12.0. The van der Waals surface area contributed by atoms with E-state index < -0.39 is 26.4 Å². The highest BCUT2D eigenvalue weighted by Gasteiger charge is 2.72. The van der Waals surface area contributed by atoms with Crippen LogP contribution in [-0.4, -0.2) is 25.7 Å². The number of nitrogens with zero attached hydrogens (tertiary/aromatic N) is 1. The van der Waals surface area contributed by atoms with E-state index in [0.29, 0.717) is 6.29 Å². The Balaban J connectivity index is 2.49. The summed E-state index contributed by atoms with van der Waals surface area (Å²) in [5, 5.41) is 8.27.